The Morgan fingerprint density at radius 1 is 1.54 bits per heavy atom. The second kappa shape index (κ2) is 4.36. The first-order chi connectivity index (χ1) is 5.99. The summed E-state index contributed by atoms with van der Waals surface area (Å²) in [7, 11) is 0. The van der Waals surface area contributed by atoms with Gasteiger partial charge in [-0.15, -0.1) is 0 Å². The van der Waals surface area contributed by atoms with Gasteiger partial charge in [-0.3, -0.25) is 4.79 Å². The van der Waals surface area contributed by atoms with E-state index in [4.69, 9.17) is 0 Å². The summed E-state index contributed by atoms with van der Waals surface area (Å²) in [5, 5.41) is 0. The molecule has 3 heteroatoms. The van der Waals surface area contributed by atoms with Crippen molar-refractivity contribution in [2.45, 2.75) is 44.3 Å². The molecule has 1 fully saturated rings. The number of amides is 1. The van der Waals surface area contributed by atoms with Crippen LogP contribution in [0.25, 0.3) is 0 Å². The second-order valence-corrected chi connectivity index (χ2v) is 5.61. The highest BCUT2D eigenvalue weighted by Crippen LogP contribution is 2.20. The Morgan fingerprint density at radius 2 is 2.23 bits per heavy atom. The number of nitrogens with zero attached hydrogens (tertiary/aromatic N) is 1. The molecule has 1 amide bonds. The van der Waals surface area contributed by atoms with Gasteiger partial charge in [0.2, 0.25) is 5.91 Å². The predicted molar refractivity (Wildman–Crippen MR) is 58.1 cm³/mol. The van der Waals surface area contributed by atoms with Crippen molar-refractivity contribution < 1.29 is 4.79 Å². The molecule has 0 radical (unpaired) electrons. The van der Waals surface area contributed by atoms with Gasteiger partial charge in [-0.1, -0.05) is 13.8 Å². The van der Waals surface area contributed by atoms with Gasteiger partial charge in [0.05, 0.1) is 0 Å². The molecule has 0 aliphatic carbocycles. The van der Waals surface area contributed by atoms with Gasteiger partial charge in [-0.05, 0) is 19.3 Å². The minimum Gasteiger partial charge on any atom is -0.343 e. The molecule has 13 heavy (non-hydrogen) atoms. The van der Waals surface area contributed by atoms with Gasteiger partial charge in [-0.2, -0.15) is 12.6 Å². The minimum absolute atomic E-state index is 0.1000. The van der Waals surface area contributed by atoms with E-state index in [0.717, 1.165) is 38.8 Å². The average molecular weight is 201 g/mol. The van der Waals surface area contributed by atoms with Gasteiger partial charge in [0.25, 0.3) is 0 Å². The number of likely N-dealkylation sites (tertiary alicyclic amines) is 1. The van der Waals surface area contributed by atoms with Crippen LogP contribution in [0.5, 0.6) is 0 Å². The topological polar surface area (TPSA) is 20.3 Å². The van der Waals surface area contributed by atoms with Gasteiger partial charge >= 0.3 is 0 Å². The summed E-state index contributed by atoms with van der Waals surface area (Å²) in [4.78, 5) is 13.2. The zero-order valence-electron chi connectivity index (χ0n) is 8.55. The molecule has 1 rings (SSSR count). The molecule has 0 atom stereocenters. The van der Waals surface area contributed by atoms with Crippen molar-refractivity contribution in [2.24, 2.45) is 0 Å². The van der Waals surface area contributed by atoms with Crippen LogP contribution in [0.4, 0.5) is 0 Å². The van der Waals surface area contributed by atoms with Crippen molar-refractivity contribution >= 4 is 18.5 Å². The quantitative estimate of drug-likeness (QED) is 0.691. The van der Waals surface area contributed by atoms with Crippen molar-refractivity contribution in [3.05, 3.63) is 0 Å². The van der Waals surface area contributed by atoms with E-state index in [9.17, 15) is 4.79 Å². The van der Waals surface area contributed by atoms with Crippen molar-refractivity contribution in [3.63, 3.8) is 0 Å². The zero-order valence-corrected chi connectivity index (χ0v) is 9.44. The van der Waals surface area contributed by atoms with Crippen molar-refractivity contribution in [1.29, 1.82) is 0 Å². The Hall–Kier alpha value is -0.180. The standard InChI is InChI=1S/C10H19NOS/c1-10(2,13)6-4-8-11-7-3-5-9(11)12/h13H,3-8H2,1-2H3. The first-order valence-electron chi connectivity index (χ1n) is 4.99. The van der Waals surface area contributed by atoms with Crippen LogP contribution in [0, 0.1) is 0 Å². The van der Waals surface area contributed by atoms with E-state index in [1.54, 1.807) is 0 Å². The monoisotopic (exact) mass is 201 g/mol. The Labute approximate surface area is 86.1 Å². The van der Waals surface area contributed by atoms with Crippen LogP contribution in [0.2, 0.25) is 0 Å². The smallest absolute Gasteiger partial charge is 0.222 e. The normalized spacial score (nSPS) is 18.4. The van der Waals surface area contributed by atoms with Crippen molar-refractivity contribution in [3.8, 4) is 0 Å². The van der Waals surface area contributed by atoms with Crippen molar-refractivity contribution in [1.82, 2.24) is 4.90 Å². The molecule has 0 aromatic carbocycles. The van der Waals surface area contributed by atoms with Crippen LogP contribution in [0.3, 0.4) is 0 Å². The molecule has 76 valence electrons. The van der Waals surface area contributed by atoms with Gasteiger partial charge in [0, 0.05) is 24.3 Å². The second-order valence-electron chi connectivity index (χ2n) is 4.40. The number of rotatable bonds is 4. The Bertz CT molecular complexity index is 186. The fourth-order valence-electron chi connectivity index (χ4n) is 1.64. The van der Waals surface area contributed by atoms with E-state index in [0.29, 0.717) is 5.91 Å². The van der Waals surface area contributed by atoms with E-state index in [2.05, 4.69) is 26.5 Å². The molecule has 0 spiro atoms. The summed E-state index contributed by atoms with van der Waals surface area (Å²) < 4.78 is 0.1000. The molecule has 1 heterocycles. The summed E-state index contributed by atoms with van der Waals surface area (Å²) in [5.41, 5.74) is 0. The third-order valence-electron chi connectivity index (χ3n) is 2.39. The average Bonchev–Trinajstić information content (AvgIpc) is 2.34. The molecular formula is C10H19NOS. The molecule has 0 aromatic heterocycles. The van der Waals surface area contributed by atoms with Crippen molar-refractivity contribution in [2.75, 3.05) is 13.1 Å². The first kappa shape index (κ1) is 10.9. The molecule has 1 saturated heterocycles. The SMILES string of the molecule is CC(C)(S)CCCN1CCCC1=O. The summed E-state index contributed by atoms with van der Waals surface area (Å²) in [6.45, 7) is 6.11. The summed E-state index contributed by atoms with van der Waals surface area (Å²) in [6, 6.07) is 0. The highest BCUT2D eigenvalue weighted by molar-refractivity contribution is 7.81. The third kappa shape index (κ3) is 4.03. The molecule has 2 nitrogen and oxygen atoms in total. The molecule has 0 N–H and O–H groups in total. The highest BCUT2D eigenvalue weighted by Gasteiger charge is 2.20. The number of thiol groups is 1. The minimum atomic E-state index is 0.1000. The van der Waals surface area contributed by atoms with Gasteiger partial charge in [0.15, 0.2) is 0 Å². The lowest BCUT2D eigenvalue weighted by Gasteiger charge is -2.20. The third-order valence-corrected chi connectivity index (χ3v) is 2.61. The van der Waals surface area contributed by atoms with Crippen LogP contribution in [-0.2, 0) is 4.79 Å². The Balaban J connectivity index is 2.16. The largest absolute Gasteiger partial charge is 0.343 e. The molecule has 1 aliphatic heterocycles. The molecular weight excluding hydrogens is 182 g/mol. The maximum Gasteiger partial charge on any atom is 0.222 e. The van der Waals surface area contributed by atoms with Crippen LogP contribution >= 0.6 is 12.6 Å². The van der Waals surface area contributed by atoms with E-state index < -0.39 is 0 Å². The fourth-order valence-corrected chi connectivity index (χ4v) is 1.80. The lowest BCUT2D eigenvalue weighted by Crippen LogP contribution is -2.26. The fraction of sp³-hybridized carbons (Fsp3) is 0.900. The molecule has 0 bridgehead atoms. The first-order valence-corrected chi connectivity index (χ1v) is 5.44. The highest BCUT2D eigenvalue weighted by atomic mass is 32.1. The summed E-state index contributed by atoms with van der Waals surface area (Å²) in [6.07, 6.45) is 3.94. The van der Waals surface area contributed by atoms with Gasteiger partial charge < -0.3 is 4.90 Å². The molecule has 0 unspecified atom stereocenters. The van der Waals surface area contributed by atoms with E-state index in [-0.39, 0.29) is 4.75 Å². The summed E-state index contributed by atoms with van der Waals surface area (Å²) in [5.74, 6) is 0.331. The van der Waals surface area contributed by atoms with E-state index in [1.165, 1.54) is 0 Å². The summed E-state index contributed by atoms with van der Waals surface area (Å²) >= 11 is 4.45. The van der Waals surface area contributed by atoms with Gasteiger partial charge in [-0.25, -0.2) is 0 Å². The Morgan fingerprint density at radius 3 is 2.69 bits per heavy atom. The number of hydrogen-bond donors (Lipinski definition) is 1. The van der Waals surface area contributed by atoms with Crippen LogP contribution < -0.4 is 0 Å². The zero-order chi connectivity index (χ0) is 9.90. The Kier molecular flexibility index (Phi) is 3.65. The maximum absolute atomic E-state index is 11.2. The van der Waals surface area contributed by atoms with Crippen LogP contribution in [-0.4, -0.2) is 28.6 Å². The molecule has 1 aliphatic rings. The number of hydrogen-bond acceptors (Lipinski definition) is 2. The lowest BCUT2D eigenvalue weighted by molar-refractivity contribution is -0.127. The number of carbonyl (C=O) groups is 1. The predicted octanol–water partition coefficient (Wildman–Crippen LogP) is 2.10. The van der Waals surface area contributed by atoms with Gasteiger partial charge in [0.1, 0.15) is 0 Å². The van der Waals surface area contributed by atoms with E-state index in [1.807, 2.05) is 4.90 Å². The van der Waals surface area contributed by atoms with Crippen LogP contribution in [0.15, 0.2) is 0 Å². The maximum atomic E-state index is 11.2. The van der Waals surface area contributed by atoms with Crippen LogP contribution in [0.1, 0.15) is 39.5 Å². The number of carbonyl (C=O) groups excluding carboxylic acids is 1. The van der Waals surface area contributed by atoms with E-state index >= 15 is 0 Å². The lowest BCUT2D eigenvalue weighted by atomic mass is 10.1. The molecule has 0 saturated carbocycles. The molecule has 0 aromatic rings.